The summed E-state index contributed by atoms with van der Waals surface area (Å²) in [6.07, 6.45) is 0.199. The fraction of sp³-hybridized carbons (Fsp3) is 0.400. The van der Waals surface area contributed by atoms with Crippen molar-refractivity contribution in [2.75, 3.05) is 30.0 Å². The molecule has 0 saturated carbocycles. The van der Waals surface area contributed by atoms with Crippen LogP contribution in [-0.4, -0.2) is 26.5 Å². The third-order valence-corrected chi connectivity index (χ3v) is 5.75. The summed E-state index contributed by atoms with van der Waals surface area (Å²) in [5.74, 6) is 0. The molecule has 0 aromatic heterocycles. The second kappa shape index (κ2) is 8.02. The van der Waals surface area contributed by atoms with Gasteiger partial charge >= 0.3 is 166 Å². The second-order valence-electron chi connectivity index (χ2n) is 6.71. The molecule has 5 heteroatoms. The van der Waals surface area contributed by atoms with Gasteiger partial charge in [-0.15, -0.1) is 0 Å². The zero-order valence-corrected chi connectivity index (χ0v) is 19.1. The number of nitrogens with one attached hydrogen (secondary N) is 1. The Bertz CT molecular complexity index is 726. The molecule has 0 aliphatic carbocycles. The summed E-state index contributed by atoms with van der Waals surface area (Å²) in [5, 5.41) is 0. The number of benzene rings is 2. The average Bonchev–Trinajstić information content (AvgIpc) is 2.98. The molecule has 0 amide bonds. The van der Waals surface area contributed by atoms with Crippen molar-refractivity contribution in [1.82, 2.24) is 3.30 Å². The molecule has 1 saturated heterocycles. The van der Waals surface area contributed by atoms with E-state index >= 15 is 0 Å². The van der Waals surface area contributed by atoms with Crippen molar-refractivity contribution in [3.05, 3.63) is 58.7 Å². The van der Waals surface area contributed by atoms with E-state index in [9.17, 15) is 0 Å². The number of para-hydroxylation sites is 1. The number of hydrogen-bond acceptors (Lipinski definition) is 4. The molecule has 1 aliphatic heterocycles. The summed E-state index contributed by atoms with van der Waals surface area (Å²) >= 11 is 0.940. The van der Waals surface area contributed by atoms with Gasteiger partial charge in [-0.05, 0) is 0 Å². The number of anilines is 2. The summed E-state index contributed by atoms with van der Waals surface area (Å²) in [4.78, 5) is 4.99. The predicted octanol–water partition coefficient (Wildman–Crippen LogP) is 3.42. The Kier molecular flexibility index (Phi) is 5.97. The fourth-order valence-electron chi connectivity index (χ4n) is 3.96. The zero-order valence-electron chi connectivity index (χ0n) is 15.5. The van der Waals surface area contributed by atoms with E-state index in [0.717, 1.165) is 37.8 Å². The van der Waals surface area contributed by atoms with Gasteiger partial charge in [0.1, 0.15) is 0 Å². The first-order chi connectivity index (χ1) is 12.1. The minimum absolute atomic E-state index is 0.199. The van der Waals surface area contributed by atoms with Gasteiger partial charge in [0.2, 0.25) is 0 Å². The molecule has 1 N–H and O–H groups in total. The Balaban J connectivity index is 1.97. The average molecular weight is 503 g/mol. The fourth-order valence-corrected chi connectivity index (χ4v) is 5.08. The Hall–Kier alpha value is -1.17. The van der Waals surface area contributed by atoms with Crippen LogP contribution in [0.5, 0.6) is 0 Å². The molecule has 2 aromatic carbocycles. The SMILES string of the molecule is COCc1ccccc1N1CCN(c2c(C)cc(C)cc2C)C1[NH][Hf]. The third kappa shape index (κ3) is 3.69. The van der Waals surface area contributed by atoms with Crippen molar-refractivity contribution in [2.45, 2.75) is 33.7 Å². The quantitative estimate of drug-likeness (QED) is 0.634. The molecule has 2 aromatic rings. The molecule has 0 bridgehead atoms. The van der Waals surface area contributed by atoms with E-state index in [1.807, 2.05) is 0 Å². The maximum absolute atomic E-state index is 5.41. The van der Waals surface area contributed by atoms with Crippen molar-refractivity contribution in [1.29, 1.82) is 0 Å². The molecule has 1 unspecified atom stereocenters. The molecule has 1 fully saturated rings. The Labute approximate surface area is 166 Å². The second-order valence-corrected chi connectivity index (χ2v) is 7.75. The van der Waals surface area contributed by atoms with Gasteiger partial charge in [-0.1, -0.05) is 0 Å². The van der Waals surface area contributed by atoms with Crippen LogP contribution in [0.2, 0.25) is 0 Å². The molecule has 0 spiro atoms. The van der Waals surface area contributed by atoms with Crippen molar-refractivity contribution in [3.63, 3.8) is 0 Å². The minimum atomic E-state index is 0.199. The van der Waals surface area contributed by atoms with Gasteiger partial charge in [0.05, 0.1) is 0 Å². The monoisotopic (exact) mass is 504 g/mol. The number of rotatable bonds is 5. The van der Waals surface area contributed by atoms with Crippen LogP contribution in [0.25, 0.3) is 0 Å². The molecular formula is C20H26HfN3O. The van der Waals surface area contributed by atoms with Crippen LogP contribution in [0.3, 0.4) is 0 Å². The van der Waals surface area contributed by atoms with Gasteiger partial charge in [0, 0.05) is 0 Å². The summed E-state index contributed by atoms with van der Waals surface area (Å²) in [7, 11) is 1.76. The Morgan fingerprint density at radius 2 is 1.72 bits per heavy atom. The van der Waals surface area contributed by atoms with Crippen LogP contribution in [0, 0.1) is 20.8 Å². The van der Waals surface area contributed by atoms with E-state index in [0.29, 0.717) is 6.61 Å². The number of aryl methyl sites for hydroxylation is 3. The molecule has 1 atom stereocenters. The summed E-state index contributed by atoms with van der Waals surface area (Å²) < 4.78 is 9.06. The zero-order chi connectivity index (χ0) is 18.0. The Morgan fingerprint density at radius 3 is 2.36 bits per heavy atom. The van der Waals surface area contributed by atoms with Gasteiger partial charge in [-0.3, -0.25) is 0 Å². The third-order valence-electron chi connectivity index (χ3n) is 4.82. The summed E-state index contributed by atoms with van der Waals surface area (Å²) in [6.45, 7) is 9.29. The van der Waals surface area contributed by atoms with Gasteiger partial charge < -0.3 is 0 Å². The van der Waals surface area contributed by atoms with Gasteiger partial charge in [0.15, 0.2) is 0 Å². The van der Waals surface area contributed by atoms with Crippen molar-refractivity contribution >= 4 is 11.4 Å². The molecule has 1 heterocycles. The molecule has 131 valence electrons. The van der Waals surface area contributed by atoms with E-state index in [1.54, 1.807) is 7.11 Å². The van der Waals surface area contributed by atoms with Gasteiger partial charge in [-0.25, -0.2) is 0 Å². The molecule has 4 nitrogen and oxygen atoms in total. The predicted molar refractivity (Wildman–Crippen MR) is 99.4 cm³/mol. The number of methoxy groups -OCH3 is 1. The van der Waals surface area contributed by atoms with Crippen LogP contribution in [0.4, 0.5) is 11.4 Å². The van der Waals surface area contributed by atoms with E-state index in [-0.39, 0.29) is 6.29 Å². The Morgan fingerprint density at radius 1 is 1.08 bits per heavy atom. The molecule has 3 rings (SSSR count). The first-order valence-electron chi connectivity index (χ1n) is 8.67. The van der Waals surface area contributed by atoms with Crippen LogP contribution in [-0.2, 0) is 36.0 Å². The van der Waals surface area contributed by atoms with Crippen LogP contribution in [0.1, 0.15) is 22.3 Å². The van der Waals surface area contributed by atoms with E-state index in [2.05, 4.69) is 70.3 Å². The van der Waals surface area contributed by atoms with Crippen LogP contribution < -0.4 is 13.1 Å². The molecule has 1 aliphatic rings. The number of nitrogens with zero attached hydrogens (tertiary/aromatic N) is 2. The van der Waals surface area contributed by atoms with Crippen LogP contribution in [0.15, 0.2) is 36.4 Å². The summed E-state index contributed by atoms with van der Waals surface area (Å²) in [5.41, 5.74) is 7.91. The van der Waals surface area contributed by atoms with E-state index in [1.165, 1.54) is 33.6 Å². The van der Waals surface area contributed by atoms with E-state index < -0.39 is 0 Å². The van der Waals surface area contributed by atoms with Gasteiger partial charge in [-0.2, -0.15) is 0 Å². The van der Waals surface area contributed by atoms with E-state index in [4.69, 9.17) is 4.74 Å². The first-order valence-corrected chi connectivity index (χ1v) is 10.5. The van der Waals surface area contributed by atoms with Crippen LogP contribution >= 0.6 is 0 Å². The normalized spacial score (nSPS) is 17.3. The molecule has 25 heavy (non-hydrogen) atoms. The molecule has 0 radical (unpaired) electrons. The van der Waals surface area contributed by atoms with Gasteiger partial charge in [0.25, 0.3) is 0 Å². The topological polar surface area (TPSA) is 27.7 Å². The van der Waals surface area contributed by atoms with Crippen molar-refractivity contribution < 1.29 is 29.4 Å². The van der Waals surface area contributed by atoms with Crippen molar-refractivity contribution in [3.8, 4) is 0 Å². The van der Waals surface area contributed by atoms with Crippen molar-refractivity contribution in [2.24, 2.45) is 0 Å². The maximum atomic E-state index is 5.41. The standard InChI is InChI=1S/C20H26N3O.Hf/c1-14-11-15(2)19(16(3)12-14)23-10-9-22(20(23)21)18-8-6-5-7-17(18)13-24-4;/h5-8,11-12,20-21H,9-10,13H2,1-4H3;/q-1;+1. The summed E-state index contributed by atoms with van der Waals surface area (Å²) in [6, 6.07) is 13.1. The number of ether oxygens (including phenoxy) is 1. The number of hydrogen-bond donors (Lipinski definition) is 1. The first kappa shape index (κ1) is 18.6. The molecular weight excluding hydrogens is 477 g/mol.